The number of hydrogen-bond donors (Lipinski definition) is 1. The number of aromatic carboxylic acids is 1. The van der Waals surface area contributed by atoms with Crippen molar-refractivity contribution in [2.75, 3.05) is 7.11 Å². The summed E-state index contributed by atoms with van der Waals surface area (Å²) >= 11 is 0. The molecule has 0 radical (unpaired) electrons. The monoisotopic (exact) mass is 284 g/mol. The van der Waals surface area contributed by atoms with Gasteiger partial charge in [-0.15, -0.1) is 0 Å². The number of aryl methyl sites for hydroxylation is 1. The quantitative estimate of drug-likeness (QED) is 0.928. The molecular weight excluding hydrogens is 272 g/mol. The Balaban J connectivity index is 2.37. The number of pyridine rings is 1. The van der Waals surface area contributed by atoms with Crippen LogP contribution in [0.4, 0.5) is 0 Å². The molecule has 0 aliphatic heterocycles. The van der Waals surface area contributed by atoms with Crippen LogP contribution in [0.3, 0.4) is 0 Å². The third kappa shape index (κ3) is 3.28. The van der Waals surface area contributed by atoms with Gasteiger partial charge < -0.3 is 14.6 Å². The Labute approximate surface area is 121 Å². The molecule has 0 aliphatic rings. The number of hydrogen-bond acceptors (Lipinski definition) is 5. The van der Waals surface area contributed by atoms with E-state index < -0.39 is 5.97 Å². The van der Waals surface area contributed by atoms with Crippen LogP contribution in [0.2, 0.25) is 0 Å². The van der Waals surface area contributed by atoms with Gasteiger partial charge in [-0.25, -0.2) is 9.78 Å². The largest absolute Gasteiger partial charge is 0.493 e. The molecule has 0 spiro atoms. The van der Waals surface area contributed by atoms with Crippen LogP contribution in [0.15, 0.2) is 30.3 Å². The Kier molecular flexibility index (Phi) is 4.05. The Hall–Kier alpha value is -3.07. The summed E-state index contributed by atoms with van der Waals surface area (Å²) in [6, 6.07) is 9.40. The van der Waals surface area contributed by atoms with E-state index in [1.807, 2.05) is 6.07 Å². The Bertz CT molecular complexity index is 735. The fourth-order valence-corrected chi connectivity index (χ4v) is 1.75. The zero-order valence-electron chi connectivity index (χ0n) is 11.5. The number of ether oxygens (including phenoxy) is 2. The molecule has 0 aliphatic carbocycles. The van der Waals surface area contributed by atoms with Crippen LogP contribution in [0.1, 0.15) is 21.6 Å². The van der Waals surface area contributed by atoms with Crippen LogP contribution < -0.4 is 9.47 Å². The van der Waals surface area contributed by atoms with Gasteiger partial charge >= 0.3 is 5.97 Å². The normalized spacial score (nSPS) is 9.76. The molecule has 2 rings (SSSR count). The van der Waals surface area contributed by atoms with E-state index in [9.17, 15) is 4.79 Å². The van der Waals surface area contributed by atoms with E-state index in [4.69, 9.17) is 19.8 Å². The first-order chi connectivity index (χ1) is 10.0. The molecule has 2 aromatic rings. The maximum atomic E-state index is 10.9. The van der Waals surface area contributed by atoms with Gasteiger partial charge in [0, 0.05) is 11.8 Å². The highest BCUT2D eigenvalue weighted by molar-refractivity contribution is 5.88. The zero-order chi connectivity index (χ0) is 15.4. The molecule has 0 fully saturated rings. The van der Waals surface area contributed by atoms with E-state index in [-0.39, 0.29) is 17.2 Å². The summed E-state index contributed by atoms with van der Waals surface area (Å²) in [4.78, 5) is 15.1. The molecular formula is C15H12N2O4. The average molecular weight is 284 g/mol. The topological polar surface area (TPSA) is 92.4 Å². The van der Waals surface area contributed by atoms with Crippen LogP contribution >= 0.6 is 0 Å². The van der Waals surface area contributed by atoms with Crippen molar-refractivity contribution < 1.29 is 19.4 Å². The molecule has 0 saturated carbocycles. The van der Waals surface area contributed by atoms with E-state index in [2.05, 4.69) is 4.98 Å². The highest BCUT2D eigenvalue weighted by atomic mass is 16.5. The number of methoxy groups -OCH3 is 1. The third-order valence-electron chi connectivity index (χ3n) is 2.68. The zero-order valence-corrected chi connectivity index (χ0v) is 11.5. The smallest absolute Gasteiger partial charge is 0.335 e. The van der Waals surface area contributed by atoms with Gasteiger partial charge in [0.25, 0.3) is 0 Å². The Morgan fingerprint density at radius 3 is 2.67 bits per heavy atom. The van der Waals surface area contributed by atoms with Gasteiger partial charge in [-0.1, -0.05) is 0 Å². The van der Waals surface area contributed by atoms with E-state index in [0.29, 0.717) is 17.0 Å². The highest BCUT2D eigenvalue weighted by Gasteiger charge is 2.12. The molecule has 0 bridgehead atoms. The minimum atomic E-state index is -1.06. The summed E-state index contributed by atoms with van der Waals surface area (Å²) in [6.07, 6.45) is 0. The van der Waals surface area contributed by atoms with Crippen LogP contribution in [-0.2, 0) is 0 Å². The number of nitrogens with zero attached hydrogens (tertiary/aromatic N) is 2. The number of carboxylic acids is 1. The van der Waals surface area contributed by atoms with Crippen molar-refractivity contribution in [1.29, 1.82) is 5.26 Å². The second-order valence-corrected chi connectivity index (χ2v) is 4.22. The first-order valence-electron chi connectivity index (χ1n) is 6.01. The maximum absolute atomic E-state index is 10.9. The Morgan fingerprint density at radius 2 is 2.05 bits per heavy atom. The summed E-state index contributed by atoms with van der Waals surface area (Å²) in [6.45, 7) is 1.75. The minimum absolute atomic E-state index is 0.0918. The molecule has 1 heterocycles. The number of rotatable bonds is 4. The van der Waals surface area contributed by atoms with E-state index in [0.717, 1.165) is 0 Å². The molecule has 106 valence electrons. The number of nitriles is 1. The SMILES string of the molecule is COc1cc(C(=O)O)ccc1Oc1cc(C#N)cc(C)n1. The molecule has 1 aromatic heterocycles. The van der Waals surface area contributed by atoms with Crippen molar-refractivity contribution in [1.82, 2.24) is 4.98 Å². The fraction of sp³-hybridized carbons (Fsp3) is 0.133. The number of carbonyl (C=O) groups is 1. The molecule has 0 unspecified atom stereocenters. The lowest BCUT2D eigenvalue weighted by Gasteiger charge is -2.10. The molecule has 6 nitrogen and oxygen atoms in total. The van der Waals surface area contributed by atoms with Crippen LogP contribution in [-0.4, -0.2) is 23.2 Å². The lowest BCUT2D eigenvalue weighted by Crippen LogP contribution is -1.99. The van der Waals surface area contributed by atoms with Crippen LogP contribution in [0, 0.1) is 18.3 Å². The molecule has 0 atom stereocenters. The number of carboxylic acid groups (broad SMARTS) is 1. The Morgan fingerprint density at radius 1 is 1.29 bits per heavy atom. The lowest BCUT2D eigenvalue weighted by molar-refractivity contribution is 0.0696. The fourth-order valence-electron chi connectivity index (χ4n) is 1.75. The standard InChI is InChI=1S/C15H12N2O4/c1-9-5-10(8-16)6-14(17-9)21-12-4-3-11(15(18)19)7-13(12)20-2/h3-7H,1-2H3,(H,18,19). The van der Waals surface area contributed by atoms with E-state index in [1.54, 1.807) is 13.0 Å². The maximum Gasteiger partial charge on any atom is 0.335 e. The minimum Gasteiger partial charge on any atom is -0.493 e. The van der Waals surface area contributed by atoms with Gasteiger partial charge in [-0.3, -0.25) is 0 Å². The van der Waals surface area contributed by atoms with Gasteiger partial charge in [0.15, 0.2) is 11.5 Å². The van der Waals surface area contributed by atoms with Crippen molar-refractivity contribution >= 4 is 5.97 Å². The lowest BCUT2D eigenvalue weighted by atomic mass is 10.2. The predicted octanol–water partition coefficient (Wildman–Crippen LogP) is 2.76. The van der Waals surface area contributed by atoms with Crippen LogP contribution in [0.5, 0.6) is 17.4 Å². The second-order valence-electron chi connectivity index (χ2n) is 4.22. The highest BCUT2D eigenvalue weighted by Crippen LogP contribution is 2.32. The van der Waals surface area contributed by atoms with E-state index in [1.165, 1.54) is 31.4 Å². The van der Waals surface area contributed by atoms with E-state index >= 15 is 0 Å². The predicted molar refractivity (Wildman–Crippen MR) is 73.7 cm³/mol. The van der Waals surface area contributed by atoms with Crippen molar-refractivity contribution in [2.45, 2.75) is 6.92 Å². The van der Waals surface area contributed by atoms with Gasteiger partial charge in [-0.2, -0.15) is 5.26 Å². The summed E-state index contributed by atoms with van der Waals surface area (Å²) in [7, 11) is 1.41. The van der Waals surface area contributed by atoms with Crippen molar-refractivity contribution in [3.05, 3.63) is 47.2 Å². The molecule has 21 heavy (non-hydrogen) atoms. The number of aromatic nitrogens is 1. The number of benzene rings is 1. The first-order valence-corrected chi connectivity index (χ1v) is 6.01. The van der Waals surface area contributed by atoms with Gasteiger partial charge in [-0.05, 0) is 31.2 Å². The average Bonchev–Trinajstić information content (AvgIpc) is 2.46. The summed E-state index contributed by atoms with van der Waals surface area (Å²) < 4.78 is 10.7. The third-order valence-corrected chi connectivity index (χ3v) is 2.68. The van der Waals surface area contributed by atoms with Crippen molar-refractivity contribution in [3.8, 4) is 23.4 Å². The van der Waals surface area contributed by atoms with Gasteiger partial charge in [0.2, 0.25) is 5.88 Å². The summed E-state index contributed by atoms with van der Waals surface area (Å²) in [5.41, 5.74) is 1.16. The summed E-state index contributed by atoms with van der Waals surface area (Å²) in [5, 5.41) is 17.9. The molecule has 0 saturated heterocycles. The van der Waals surface area contributed by atoms with Gasteiger partial charge in [0.1, 0.15) is 0 Å². The van der Waals surface area contributed by atoms with Gasteiger partial charge in [0.05, 0.1) is 24.3 Å². The van der Waals surface area contributed by atoms with Crippen molar-refractivity contribution in [2.24, 2.45) is 0 Å². The van der Waals surface area contributed by atoms with Crippen LogP contribution in [0.25, 0.3) is 0 Å². The molecule has 6 heteroatoms. The molecule has 0 amide bonds. The van der Waals surface area contributed by atoms with Crippen molar-refractivity contribution in [3.63, 3.8) is 0 Å². The molecule has 1 aromatic carbocycles. The first kappa shape index (κ1) is 14.3. The second kappa shape index (κ2) is 5.92. The summed E-state index contributed by atoms with van der Waals surface area (Å²) in [5.74, 6) is -0.213. The molecule has 1 N–H and O–H groups in total.